The van der Waals surface area contributed by atoms with Crippen LogP contribution in [0.2, 0.25) is 0 Å². The average molecular weight is 308 g/mol. The minimum atomic E-state index is -1.14. The Morgan fingerprint density at radius 1 is 1.27 bits per heavy atom. The molecular weight excluding hydrogens is 284 g/mol. The van der Waals surface area contributed by atoms with Gasteiger partial charge in [0.15, 0.2) is 5.69 Å². The molecule has 1 aromatic rings. The van der Waals surface area contributed by atoms with Crippen molar-refractivity contribution in [3.63, 3.8) is 0 Å². The quantitative estimate of drug-likeness (QED) is 0.661. The van der Waals surface area contributed by atoms with E-state index in [1.165, 1.54) is 6.42 Å². The van der Waals surface area contributed by atoms with Gasteiger partial charge in [0.25, 0.3) is 0 Å². The van der Waals surface area contributed by atoms with E-state index in [1.807, 2.05) is 4.90 Å². The first-order valence-corrected chi connectivity index (χ1v) is 7.91. The lowest BCUT2D eigenvalue weighted by Gasteiger charge is -2.29. The number of aliphatic hydroxyl groups is 1. The first-order chi connectivity index (χ1) is 10.7. The van der Waals surface area contributed by atoms with Crippen LogP contribution in [0, 0.1) is 0 Å². The van der Waals surface area contributed by atoms with E-state index >= 15 is 0 Å². The molecule has 7 nitrogen and oxygen atoms in total. The molecule has 1 fully saturated rings. The Labute approximate surface area is 130 Å². The minimum absolute atomic E-state index is 0.114. The molecular formula is C15H24N4O3. The van der Waals surface area contributed by atoms with Crippen LogP contribution in [0.3, 0.4) is 0 Å². The molecule has 7 heteroatoms. The van der Waals surface area contributed by atoms with Crippen molar-refractivity contribution in [1.82, 2.24) is 9.97 Å². The lowest BCUT2D eigenvalue weighted by molar-refractivity contribution is 0.0686. The zero-order chi connectivity index (χ0) is 15.9. The molecule has 0 atom stereocenters. The molecule has 0 spiro atoms. The van der Waals surface area contributed by atoms with Crippen LogP contribution in [-0.4, -0.2) is 45.8 Å². The number of carbonyl (C=O) groups is 1. The van der Waals surface area contributed by atoms with Gasteiger partial charge in [-0.3, -0.25) is 0 Å². The van der Waals surface area contributed by atoms with Crippen molar-refractivity contribution < 1.29 is 15.0 Å². The fourth-order valence-electron chi connectivity index (χ4n) is 2.62. The van der Waals surface area contributed by atoms with Crippen LogP contribution in [0.15, 0.2) is 0 Å². The predicted molar refractivity (Wildman–Crippen MR) is 84.4 cm³/mol. The number of aliphatic hydroxyl groups excluding tert-OH is 1. The molecule has 2 rings (SSSR count). The molecule has 1 saturated heterocycles. The van der Waals surface area contributed by atoms with Gasteiger partial charge in [0, 0.05) is 19.6 Å². The van der Waals surface area contributed by atoms with Gasteiger partial charge >= 0.3 is 5.97 Å². The third-order valence-electron chi connectivity index (χ3n) is 3.82. The van der Waals surface area contributed by atoms with Gasteiger partial charge < -0.3 is 20.4 Å². The fraction of sp³-hybridized carbons (Fsp3) is 0.667. The number of anilines is 2. The number of nitrogens with one attached hydrogen (secondary N) is 1. The van der Waals surface area contributed by atoms with E-state index < -0.39 is 5.97 Å². The highest BCUT2D eigenvalue weighted by atomic mass is 16.4. The van der Waals surface area contributed by atoms with E-state index in [9.17, 15) is 15.0 Å². The molecule has 1 aliphatic rings. The number of piperidine rings is 1. The molecule has 1 aromatic heterocycles. The molecule has 0 bridgehead atoms. The van der Waals surface area contributed by atoms with E-state index in [0.29, 0.717) is 23.9 Å². The van der Waals surface area contributed by atoms with E-state index in [4.69, 9.17) is 0 Å². The molecule has 3 N–H and O–H groups in total. The molecule has 22 heavy (non-hydrogen) atoms. The fourth-order valence-corrected chi connectivity index (χ4v) is 2.62. The van der Waals surface area contributed by atoms with Gasteiger partial charge in [0.2, 0.25) is 5.95 Å². The van der Waals surface area contributed by atoms with Crippen molar-refractivity contribution in [3.05, 3.63) is 11.3 Å². The Morgan fingerprint density at radius 2 is 2.00 bits per heavy atom. The summed E-state index contributed by atoms with van der Waals surface area (Å²) in [4.78, 5) is 22.0. The van der Waals surface area contributed by atoms with Crippen LogP contribution >= 0.6 is 0 Å². The molecule has 2 heterocycles. The van der Waals surface area contributed by atoms with E-state index in [-0.39, 0.29) is 12.3 Å². The van der Waals surface area contributed by atoms with Crippen LogP contribution < -0.4 is 10.2 Å². The maximum Gasteiger partial charge on any atom is 0.355 e. The van der Waals surface area contributed by atoms with Gasteiger partial charge in [0.05, 0.1) is 12.2 Å². The lowest BCUT2D eigenvalue weighted by Crippen LogP contribution is -2.32. The molecule has 1 aliphatic heterocycles. The number of carboxylic acid groups (broad SMARTS) is 1. The summed E-state index contributed by atoms with van der Waals surface area (Å²) in [6, 6.07) is 0. The van der Waals surface area contributed by atoms with Crippen molar-refractivity contribution in [2.45, 2.75) is 45.6 Å². The van der Waals surface area contributed by atoms with Gasteiger partial charge in [-0.1, -0.05) is 13.3 Å². The smallest absolute Gasteiger partial charge is 0.355 e. The second-order valence-corrected chi connectivity index (χ2v) is 5.49. The number of carboxylic acids is 1. The Morgan fingerprint density at radius 3 is 2.59 bits per heavy atom. The molecule has 0 radical (unpaired) electrons. The number of hydrogen-bond acceptors (Lipinski definition) is 6. The first-order valence-electron chi connectivity index (χ1n) is 7.91. The number of aromatic carboxylic acids is 1. The largest absolute Gasteiger partial charge is 0.476 e. The van der Waals surface area contributed by atoms with Crippen molar-refractivity contribution in [2.75, 3.05) is 29.9 Å². The SMILES string of the molecule is CCCCNc1nc(C(=O)O)c(CO)c(N2CCCCC2)n1. The monoisotopic (exact) mass is 308 g/mol. The predicted octanol–water partition coefficient (Wildman–Crippen LogP) is 1.87. The third-order valence-corrected chi connectivity index (χ3v) is 3.82. The average Bonchev–Trinajstić information content (AvgIpc) is 2.55. The van der Waals surface area contributed by atoms with Gasteiger partial charge in [-0.25, -0.2) is 9.78 Å². The van der Waals surface area contributed by atoms with Gasteiger partial charge in [-0.2, -0.15) is 4.98 Å². The van der Waals surface area contributed by atoms with Crippen LogP contribution in [0.25, 0.3) is 0 Å². The van der Waals surface area contributed by atoms with Gasteiger partial charge in [-0.05, 0) is 25.7 Å². The van der Waals surface area contributed by atoms with E-state index in [1.54, 1.807) is 0 Å². The summed E-state index contributed by atoms with van der Waals surface area (Å²) < 4.78 is 0. The van der Waals surface area contributed by atoms with Crippen LogP contribution in [0.4, 0.5) is 11.8 Å². The van der Waals surface area contributed by atoms with Crippen LogP contribution in [-0.2, 0) is 6.61 Å². The van der Waals surface area contributed by atoms with E-state index in [2.05, 4.69) is 22.2 Å². The molecule has 122 valence electrons. The number of aromatic nitrogens is 2. The molecule has 0 aromatic carbocycles. The minimum Gasteiger partial charge on any atom is -0.476 e. The Kier molecular flexibility index (Phi) is 5.94. The number of nitrogens with zero attached hydrogens (tertiary/aromatic N) is 3. The number of hydrogen-bond donors (Lipinski definition) is 3. The Hall–Kier alpha value is -1.89. The summed E-state index contributed by atoms with van der Waals surface area (Å²) in [5.74, 6) is -0.263. The topological polar surface area (TPSA) is 98.6 Å². The van der Waals surface area contributed by atoms with Crippen molar-refractivity contribution in [2.24, 2.45) is 0 Å². The second kappa shape index (κ2) is 7.93. The van der Waals surface area contributed by atoms with Crippen molar-refractivity contribution in [1.29, 1.82) is 0 Å². The van der Waals surface area contributed by atoms with Gasteiger partial charge in [-0.15, -0.1) is 0 Å². The molecule has 0 saturated carbocycles. The first kappa shape index (κ1) is 16.5. The standard InChI is InChI=1S/C15H24N4O3/c1-2-3-7-16-15-17-12(14(21)22)11(10-20)13(18-15)19-8-5-4-6-9-19/h20H,2-10H2,1H3,(H,21,22)(H,16,17,18). The molecule has 0 amide bonds. The number of rotatable bonds is 7. The zero-order valence-corrected chi connectivity index (χ0v) is 13.0. The summed E-state index contributed by atoms with van der Waals surface area (Å²) in [6.07, 6.45) is 5.27. The second-order valence-electron chi connectivity index (χ2n) is 5.49. The van der Waals surface area contributed by atoms with Crippen molar-refractivity contribution >= 4 is 17.7 Å². The number of unbranched alkanes of at least 4 members (excludes halogenated alkanes) is 1. The summed E-state index contributed by atoms with van der Waals surface area (Å²) in [5, 5.41) is 22.0. The summed E-state index contributed by atoms with van der Waals surface area (Å²) >= 11 is 0. The molecule has 0 aliphatic carbocycles. The molecule has 0 unspecified atom stereocenters. The summed E-state index contributed by atoms with van der Waals surface area (Å²) in [5.41, 5.74) is 0.188. The normalized spacial score (nSPS) is 14.9. The van der Waals surface area contributed by atoms with E-state index in [0.717, 1.165) is 38.8 Å². The maximum atomic E-state index is 11.5. The summed E-state index contributed by atoms with van der Waals surface area (Å²) in [7, 11) is 0. The highest BCUT2D eigenvalue weighted by molar-refractivity contribution is 5.89. The highest BCUT2D eigenvalue weighted by Crippen LogP contribution is 2.26. The maximum absolute atomic E-state index is 11.5. The Bertz CT molecular complexity index is 516. The zero-order valence-electron chi connectivity index (χ0n) is 13.0. The highest BCUT2D eigenvalue weighted by Gasteiger charge is 2.23. The van der Waals surface area contributed by atoms with Crippen LogP contribution in [0.5, 0.6) is 0 Å². The lowest BCUT2D eigenvalue weighted by atomic mass is 10.1. The summed E-state index contributed by atoms with van der Waals surface area (Å²) in [6.45, 7) is 4.07. The van der Waals surface area contributed by atoms with Crippen molar-refractivity contribution in [3.8, 4) is 0 Å². The Balaban J connectivity index is 2.36. The van der Waals surface area contributed by atoms with Gasteiger partial charge in [0.1, 0.15) is 5.82 Å². The third kappa shape index (κ3) is 3.85. The van der Waals surface area contributed by atoms with Crippen LogP contribution in [0.1, 0.15) is 55.1 Å².